The minimum absolute atomic E-state index is 0.399. The molecule has 136 valence electrons. The molecule has 0 aliphatic heterocycles. The van der Waals surface area contributed by atoms with E-state index < -0.39 is 11.9 Å². The maximum Gasteiger partial charge on any atom is 0.434 e. The van der Waals surface area contributed by atoms with E-state index >= 15 is 0 Å². The van der Waals surface area contributed by atoms with Crippen LogP contribution in [0.4, 0.5) is 13.2 Å². The Morgan fingerprint density at radius 3 is 2.56 bits per heavy atom. The maximum atomic E-state index is 12.5. The summed E-state index contributed by atoms with van der Waals surface area (Å²) in [5, 5.41) is 8.38. The predicted molar refractivity (Wildman–Crippen MR) is 95.3 cm³/mol. The molecule has 0 spiro atoms. The van der Waals surface area contributed by atoms with Crippen LogP contribution in [0.5, 0.6) is 0 Å². The highest BCUT2D eigenvalue weighted by molar-refractivity contribution is 7.09. The molecule has 0 atom stereocenters. The van der Waals surface area contributed by atoms with Crippen molar-refractivity contribution in [3.63, 3.8) is 0 Å². The van der Waals surface area contributed by atoms with E-state index in [1.807, 2.05) is 24.3 Å². The molecule has 0 unspecified atom stereocenters. The Morgan fingerprint density at radius 1 is 1.24 bits per heavy atom. The van der Waals surface area contributed by atoms with Crippen molar-refractivity contribution in [1.82, 2.24) is 15.6 Å². The van der Waals surface area contributed by atoms with Crippen molar-refractivity contribution in [3.8, 4) is 0 Å². The summed E-state index contributed by atoms with van der Waals surface area (Å²) in [6.07, 6.45) is -3.21. The molecule has 1 aromatic carbocycles. The van der Waals surface area contributed by atoms with E-state index in [-0.39, 0.29) is 0 Å². The van der Waals surface area contributed by atoms with E-state index in [1.165, 1.54) is 0 Å². The Bertz CT molecular complexity index is 715. The van der Waals surface area contributed by atoms with Crippen LogP contribution in [-0.2, 0) is 19.0 Å². The third kappa shape index (κ3) is 6.55. The lowest BCUT2D eigenvalue weighted by Gasteiger charge is -2.11. The first-order valence-corrected chi connectivity index (χ1v) is 8.85. The van der Waals surface area contributed by atoms with Gasteiger partial charge in [-0.1, -0.05) is 23.7 Å². The van der Waals surface area contributed by atoms with Crippen molar-refractivity contribution in [1.29, 1.82) is 0 Å². The largest absolute Gasteiger partial charge is 0.434 e. The molecule has 0 saturated carbocycles. The zero-order valence-corrected chi connectivity index (χ0v) is 15.1. The van der Waals surface area contributed by atoms with Crippen LogP contribution in [0.15, 0.2) is 34.6 Å². The number of guanidine groups is 1. The Hall–Kier alpha value is -1.80. The first-order valence-electron chi connectivity index (χ1n) is 7.59. The van der Waals surface area contributed by atoms with E-state index in [1.54, 1.807) is 7.05 Å². The molecule has 2 N–H and O–H groups in total. The summed E-state index contributed by atoms with van der Waals surface area (Å²) in [5.41, 5.74) is 0.273. The summed E-state index contributed by atoms with van der Waals surface area (Å²) < 4.78 is 37.5. The molecule has 2 aromatic rings. The third-order valence-corrected chi connectivity index (χ3v) is 4.44. The number of hydrogen-bond acceptors (Lipinski definition) is 3. The number of hydrogen-bond donors (Lipinski definition) is 2. The Balaban J connectivity index is 1.72. The highest BCUT2D eigenvalue weighted by Gasteiger charge is 2.33. The zero-order chi connectivity index (χ0) is 18.3. The van der Waals surface area contributed by atoms with Gasteiger partial charge in [0.25, 0.3) is 0 Å². The monoisotopic (exact) mass is 390 g/mol. The fourth-order valence-electron chi connectivity index (χ4n) is 2.08. The average Bonchev–Trinajstić information content (AvgIpc) is 3.02. The van der Waals surface area contributed by atoms with E-state index in [0.29, 0.717) is 35.5 Å². The van der Waals surface area contributed by atoms with Crippen molar-refractivity contribution in [3.05, 3.63) is 50.9 Å². The molecule has 9 heteroatoms. The molecular weight excluding hydrogens is 373 g/mol. The van der Waals surface area contributed by atoms with E-state index in [2.05, 4.69) is 20.6 Å². The van der Waals surface area contributed by atoms with Crippen molar-refractivity contribution < 1.29 is 13.2 Å². The van der Waals surface area contributed by atoms with Crippen LogP contribution >= 0.6 is 22.9 Å². The predicted octanol–water partition coefficient (Wildman–Crippen LogP) is 3.77. The molecule has 25 heavy (non-hydrogen) atoms. The topological polar surface area (TPSA) is 49.3 Å². The SMILES string of the molecule is CN=C(NCCc1cccc(Cl)c1)NCCc1nc(C(F)(F)F)cs1. The summed E-state index contributed by atoms with van der Waals surface area (Å²) in [4.78, 5) is 7.68. The maximum absolute atomic E-state index is 12.5. The summed E-state index contributed by atoms with van der Waals surface area (Å²) in [7, 11) is 1.64. The average molecular weight is 391 g/mol. The third-order valence-electron chi connectivity index (χ3n) is 3.29. The van der Waals surface area contributed by atoms with Crippen LogP contribution in [0.25, 0.3) is 0 Å². The Morgan fingerprint density at radius 2 is 1.96 bits per heavy atom. The standard InChI is InChI=1S/C16H18ClF3N4S/c1-21-15(22-7-5-11-3-2-4-12(17)9-11)23-8-6-14-24-13(10-25-14)16(18,19)20/h2-4,9-10H,5-8H2,1H3,(H2,21,22,23). The second-order valence-electron chi connectivity index (χ2n) is 5.18. The van der Waals surface area contributed by atoms with E-state index in [9.17, 15) is 13.2 Å². The quantitative estimate of drug-likeness (QED) is 0.583. The van der Waals surface area contributed by atoms with Crippen LogP contribution in [0.3, 0.4) is 0 Å². The lowest BCUT2D eigenvalue weighted by atomic mass is 10.1. The number of benzene rings is 1. The summed E-state index contributed by atoms with van der Waals surface area (Å²) >= 11 is 6.95. The first-order chi connectivity index (χ1) is 11.9. The second-order valence-corrected chi connectivity index (χ2v) is 6.56. The lowest BCUT2D eigenvalue weighted by molar-refractivity contribution is -0.140. The van der Waals surface area contributed by atoms with Gasteiger partial charge in [-0.15, -0.1) is 11.3 Å². The van der Waals surface area contributed by atoms with Gasteiger partial charge in [-0.2, -0.15) is 13.2 Å². The molecule has 1 aromatic heterocycles. The fraction of sp³-hybridized carbons (Fsp3) is 0.375. The van der Waals surface area contributed by atoms with Crippen molar-refractivity contribution in [2.45, 2.75) is 19.0 Å². The van der Waals surface area contributed by atoms with Gasteiger partial charge in [0.05, 0.1) is 5.01 Å². The smallest absolute Gasteiger partial charge is 0.356 e. The Kier molecular flexibility index (Phi) is 7.07. The number of nitrogens with zero attached hydrogens (tertiary/aromatic N) is 2. The zero-order valence-electron chi connectivity index (χ0n) is 13.5. The number of halogens is 4. The van der Waals surface area contributed by atoms with Crippen molar-refractivity contribution >= 4 is 28.9 Å². The number of nitrogens with one attached hydrogen (secondary N) is 2. The van der Waals surface area contributed by atoms with Crippen LogP contribution < -0.4 is 10.6 Å². The molecule has 0 saturated heterocycles. The van der Waals surface area contributed by atoms with Gasteiger partial charge in [0.15, 0.2) is 11.7 Å². The number of aromatic nitrogens is 1. The summed E-state index contributed by atoms with van der Waals surface area (Å²) in [5.74, 6) is 0.592. The molecule has 2 rings (SSSR count). The van der Waals surface area contributed by atoms with Gasteiger partial charge in [0, 0.05) is 37.0 Å². The molecule has 0 aliphatic carbocycles. The van der Waals surface area contributed by atoms with Gasteiger partial charge in [-0.05, 0) is 24.1 Å². The molecule has 0 bridgehead atoms. The minimum Gasteiger partial charge on any atom is -0.356 e. The number of aliphatic imine (C=N–C) groups is 1. The number of thiazole rings is 1. The molecule has 1 heterocycles. The van der Waals surface area contributed by atoms with Gasteiger partial charge < -0.3 is 10.6 Å². The van der Waals surface area contributed by atoms with Crippen molar-refractivity contribution in [2.24, 2.45) is 4.99 Å². The van der Waals surface area contributed by atoms with Crippen LogP contribution in [0, 0.1) is 0 Å². The summed E-state index contributed by atoms with van der Waals surface area (Å²) in [6.45, 7) is 1.11. The Labute approximate surface area is 153 Å². The molecule has 0 amide bonds. The highest BCUT2D eigenvalue weighted by atomic mass is 35.5. The highest BCUT2D eigenvalue weighted by Crippen LogP contribution is 2.29. The van der Waals surface area contributed by atoms with E-state index in [4.69, 9.17) is 11.6 Å². The number of rotatable bonds is 6. The van der Waals surface area contributed by atoms with Crippen LogP contribution in [-0.4, -0.2) is 31.1 Å². The molecule has 0 fully saturated rings. The van der Waals surface area contributed by atoms with Gasteiger partial charge in [-0.3, -0.25) is 4.99 Å². The molecule has 0 aliphatic rings. The normalized spacial score (nSPS) is 12.3. The molecular formula is C16H18ClF3N4S. The van der Waals surface area contributed by atoms with Gasteiger partial charge in [0.2, 0.25) is 0 Å². The number of alkyl halides is 3. The van der Waals surface area contributed by atoms with Crippen LogP contribution in [0.2, 0.25) is 5.02 Å². The molecule has 4 nitrogen and oxygen atoms in total. The minimum atomic E-state index is -4.39. The fourth-order valence-corrected chi connectivity index (χ4v) is 3.10. The second kappa shape index (κ2) is 9.05. The molecule has 0 radical (unpaired) electrons. The summed E-state index contributed by atoms with van der Waals surface area (Å²) in [6, 6.07) is 7.61. The van der Waals surface area contributed by atoms with Gasteiger partial charge in [-0.25, -0.2) is 4.98 Å². The van der Waals surface area contributed by atoms with Crippen molar-refractivity contribution in [2.75, 3.05) is 20.1 Å². The van der Waals surface area contributed by atoms with Gasteiger partial charge >= 0.3 is 6.18 Å². The van der Waals surface area contributed by atoms with E-state index in [0.717, 1.165) is 28.7 Å². The van der Waals surface area contributed by atoms with Gasteiger partial charge in [0.1, 0.15) is 0 Å². The first kappa shape index (κ1) is 19.5. The van der Waals surface area contributed by atoms with Crippen LogP contribution in [0.1, 0.15) is 16.3 Å². The lowest BCUT2D eigenvalue weighted by Crippen LogP contribution is -2.39.